The first-order chi connectivity index (χ1) is 13.9. The number of nitrogens with one attached hydrogen (secondary N) is 1. The molecule has 1 aliphatic heterocycles. The third-order valence-electron chi connectivity index (χ3n) is 5.36. The zero-order valence-corrected chi connectivity index (χ0v) is 17.7. The van der Waals surface area contributed by atoms with Crippen molar-refractivity contribution in [3.8, 4) is 11.5 Å². The molecule has 1 atom stereocenters. The van der Waals surface area contributed by atoms with Crippen LogP contribution in [-0.2, 0) is 13.0 Å². The van der Waals surface area contributed by atoms with Crippen molar-refractivity contribution in [3.05, 3.63) is 57.5 Å². The number of hydrogen-bond donors (Lipinski definition) is 1. The van der Waals surface area contributed by atoms with Gasteiger partial charge in [-0.2, -0.15) is 0 Å². The Labute approximate surface area is 171 Å². The number of methoxy groups -OCH3 is 1. The highest BCUT2D eigenvalue weighted by molar-refractivity contribution is 5.95. The van der Waals surface area contributed by atoms with E-state index in [9.17, 15) is 9.59 Å². The zero-order chi connectivity index (χ0) is 21.0. The van der Waals surface area contributed by atoms with Gasteiger partial charge < -0.3 is 19.4 Å². The molecule has 0 aliphatic carbocycles. The predicted molar refractivity (Wildman–Crippen MR) is 113 cm³/mol. The Hall–Kier alpha value is -2.76. The fourth-order valence-electron chi connectivity index (χ4n) is 3.51. The van der Waals surface area contributed by atoms with Crippen molar-refractivity contribution in [1.29, 1.82) is 0 Å². The molecule has 0 saturated heterocycles. The maximum atomic E-state index is 12.8. The van der Waals surface area contributed by atoms with E-state index in [0.717, 1.165) is 29.9 Å². The van der Waals surface area contributed by atoms with E-state index >= 15 is 0 Å². The minimum Gasteiger partial charge on any atom is -0.497 e. The summed E-state index contributed by atoms with van der Waals surface area (Å²) in [6.45, 7) is 7.64. The molecule has 6 nitrogen and oxygen atoms in total. The molecular formula is C23H30N2O4. The SMILES string of the molecule is COc1ccc2c(c1)OCC(CNC(=O)c1c(C)ccn(CCC(C)C)c1=O)C2. The number of aryl methyl sites for hydroxylation is 2. The van der Waals surface area contributed by atoms with E-state index in [1.807, 2.05) is 24.3 Å². The van der Waals surface area contributed by atoms with Crippen LogP contribution in [-0.4, -0.2) is 30.7 Å². The van der Waals surface area contributed by atoms with Crippen molar-refractivity contribution in [1.82, 2.24) is 9.88 Å². The zero-order valence-electron chi connectivity index (χ0n) is 17.7. The van der Waals surface area contributed by atoms with E-state index in [4.69, 9.17) is 9.47 Å². The van der Waals surface area contributed by atoms with Gasteiger partial charge in [-0.1, -0.05) is 19.9 Å². The van der Waals surface area contributed by atoms with Gasteiger partial charge in [0.05, 0.1) is 13.7 Å². The number of hydrogen-bond acceptors (Lipinski definition) is 4. The second-order valence-corrected chi connectivity index (χ2v) is 8.12. The summed E-state index contributed by atoms with van der Waals surface area (Å²) in [5, 5.41) is 2.94. The highest BCUT2D eigenvalue weighted by Crippen LogP contribution is 2.30. The summed E-state index contributed by atoms with van der Waals surface area (Å²) in [4.78, 5) is 25.6. The first-order valence-electron chi connectivity index (χ1n) is 10.2. The van der Waals surface area contributed by atoms with Gasteiger partial charge in [-0.15, -0.1) is 0 Å². The standard InChI is InChI=1S/C23H30N2O4/c1-15(2)7-9-25-10-8-16(3)21(23(25)27)22(26)24-13-17-11-18-5-6-19(28-4)12-20(18)29-14-17/h5-6,8,10,12,15,17H,7,9,11,13-14H2,1-4H3,(H,24,26). The van der Waals surface area contributed by atoms with Crippen LogP contribution in [0.1, 0.15) is 41.8 Å². The van der Waals surface area contributed by atoms with E-state index in [1.165, 1.54) is 0 Å². The molecule has 0 fully saturated rings. The smallest absolute Gasteiger partial charge is 0.263 e. The predicted octanol–water partition coefficient (Wildman–Crippen LogP) is 3.19. The quantitative estimate of drug-likeness (QED) is 0.778. The van der Waals surface area contributed by atoms with Gasteiger partial charge in [0.15, 0.2) is 0 Å². The summed E-state index contributed by atoms with van der Waals surface area (Å²) in [6.07, 6.45) is 3.48. The Morgan fingerprint density at radius 3 is 2.86 bits per heavy atom. The van der Waals surface area contributed by atoms with Gasteiger partial charge in [-0.05, 0) is 48.9 Å². The highest BCUT2D eigenvalue weighted by atomic mass is 16.5. The van der Waals surface area contributed by atoms with Crippen LogP contribution in [0, 0.1) is 18.8 Å². The largest absolute Gasteiger partial charge is 0.497 e. The Morgan fingerprint density at radius 1 is 1.34 bits per heavy atom. The fraction of sp³-hybridized carbons (Fsp3) is 0.478. The lowest BCUT2D eigenvalue weighted by molar-refractivity contribution is 0.0936. The summed E-state index contributed by atoms with van der Waals surface area (Å²) >= 11 is 0. The first-order valence-corrected chi connectivity index (χ1v) is 10.2. The second kappa shape index (κ2) is 9.16. The number of carbonyl (C=O) groups is 1. The molecule has 29 heavy (non-hydrogen) atoms. The van der Waals surface area contributed by atoms with Crippen LogP contribution in [0.15, 0.2) is 35.3 Å². The number of amides is 1. The number of carbonyl (C=O) groups excluding carboxylic acids is 1. The first kappa shape index (κ1) is 21.0. The Balaban J connectivity index is 1.65. The van der Waals surface area contributed by atoms with Crippen LogP contribution >= 0.6 is 0 Å². The normalized spacial score (nSPS) is 15.6. The molecule has 0 bridgehead atoms. The molecule has 1 amide bonds. The summed E-state index contributed by atoms with van der Waals surface area (Å²) < 4.78 is 12.7. The maximum Gasteiger partial charge on any atom is 0.263 e. The number of fused-ring (bicyclic) bond motifs is 1. The minimum atomic E-state index is -0.313. The molecule has 6 heteroatoms. The molecule has 3 rings (SSSR count). The average Bonchev–Trinajstić information content (AvgIpc) is 2.71. The van der Waals surface area contributed by atoms with Gasteiger partial charge in [0.25, 0.3) is 11.5 Å². The molecule has 1 unspecified atom stereocenters. The summed E-state index contributed by atoms with van der Waals surface area (Å²) in [6, 6.07) is 7.63. The van der Waals surface area contributed by atoms with E-state index in [0.29, 0.717) is 31.2 Å². The number of rotatable bonds is 7. The number of ether oxygens (including phenoxy) is 2. The van der Waals surface area contributed by atoms with Crippen LogP contribution < -0.4 is 20.3 Å². The van der Waals surface area contributed by atoms with Crippen molar-refractivity contribution in [2.24, 2.45) is 11.8 Å². The van der Waals surface area contributed by atoms with Gasteiger partial charge in [0.1, 0.15) is 17.1 Å². The van der Waals surface area contributed by atoms with Gasteiger partial charge in [0.2, 0.25) is 0 Å². The molecule has 1 N–H and O–H groups in total. The van der Waals surface area contributed by atoms with Crippen LogP contribution in [0.3, 0.4) is 0 Å². The summed E-state index contributed by atoms with van der Waals surface area (Å²) in [5.74, 6) is 1.94. The summed E-state index contributed by atoms with van der Waals surface area (Å²) in [5.41, 5.74) is 1.81. The van der Waals surface area contributed by atoms with Gasteiger partial charge >= 0.3 is 0 Å². The molecule has 1 aromatic carbocycles. The van der Waals surface area contributed by atoms with Crippen LogP contribution in [0.25, 0.3) is 0 Å². The van der Waals surface area contributed by atoms with Crippen LogP contribution in [0.2, 0.25) is 0 Å². The van der Waals surface area contributed by atoms with E-state index < -0.39 is 0 Å². The van der Waals surface area contributed by atoms with Crippen molar-refractivity contribution >= 4 is 5.91 Å². The van der Waals surface area contributed by atoms with Crippen molar-refractivity contribution in [3.63, 3.8) is 0 Å². The molecule has 1 aliphatic rings. The van der Waals surface area contributed by atoms with Gasteiger partial charge in [-0.25, -0.2) is 0 Å². The minimum absolute atomic E-state index is 0.159. The van der Waals surface area contributed by atoms with E-state index in [2.05, 4.69) is 19.2 Å². The molecule has 2 aromatic rings. The van der Waals surface area contributed by atoms with Crippen molar-refractivity contribution in [2.75, 3.05) is 20.3 Å². The topological polar surface area (TPSA) is 69.6 Å². The van der Waals surface area contributed by atoms with Crippen LogP contribution in [0.5, 0.6) is 11.5 Å². The van der Waals surface area contributed by atoms with E-state index in [1.54, 1.807) is 24.8 Å². The highest BCUT2D eigenvalue weighted by Gasteiger charge is 2.22. The lowest BCUT2D eigenvalue weighted by atomic mass is 9.96. The third-order valence-corrected chi connectivity index (χ3v) is 5.36. The number of nitrogens with zero attached hydrogens (tertiary/aromatic N) is 1. The Bertz CT molecular complexity index is 933. The number of aromatic nitrogens is 1. The van der Waals surface area contributed by atoms with E-state index in [-0.39, 0.29) is 22.9 Å². The van der Waals surface area contributed by atoms with Crippen LogP contribution in [0.4, 0.5) is 0 Å². The molecular weight excluding hydrogens is 368 g/mol. The molecule has 0 spiro atoms. The monoisotopic (exact) mass is 398 g/mol. The number of benzene rings is 1. The second-order valence-electron chi connectivity index (χ2n) is 8.12. The molecule has 0 radical (unpaired) electrons. The average molecular weight is 399 g/mol. The van der Waals surface area contributed by atoms with Gasteiger partial charge in [0, 0.05) is 31.3 Å². The lowest BCUT2D eigenvalue weighted by Crippen LogP contribution is -2.38. The molecule has 156 valence electrons. The van der Waals surface area contributed by atoms with Crippen molar-refractivity contribution < 1.29 is 14.3 Å². The Kier molecular flexibility index (Phi) is 6.62. The lowest BCUT2D eigenvalue weighted by Gasteiger charge is -2.26. The molecule has 0 saturated carbocycles. The van der Waals surface area contributed by atoms with Crippen molar-refractivity contribution in [2.45, 2.75) is 40.2 Å². The Morgan fingerprint density at radius 2 is 2.14 bits per heavy atom. The third kappa shape index (κ3) is 5.00. The van der Waals surface area contributed by atoms with Gasteiger partial charge in [-0.3, -0.25) is 9.59 Å². The molecule has 2 heterocycles. The summed E-state index contributed by atoms with van der Waals surface area (Å²) in [7, 11) is 1.63. The fourth-order valence-corrected chi connectivity index (χ4v) is 3.51. The molecule has 1 aromatic heterocycles. The number of pyridine rings is 1. The maximum absolute atomic E-state index is 12.8.